The normalized spacial score (nSPS) is 29.3. The summed E-state index contributed by atoms with van der Waals surface area (Å²) < 4.78 is 0. The molecular weight excluding hydrogens is 192 g/mol. The highest BCUT2D eigenvalue weighted by molar-refractivity contribution is 7.07. The number of thiophene rings is 1. The van der Waals surface area contributed by atoms with E-state index in [2.05, 4.69) is 40.9 Å². The summed E-state index contributed by atoms with van der Waals surface area (Å²) in [4.78, 5) is 2.56. The van der Waals surface area contributed by atoms with Crippen LogP contribution in [0.3, 0.4) is 0 Å². The molecule has 1 saturated heterocycles. The lowest BCUT2D eigenvalue weighted by Gasteiger charge is -2.37. The zero-order valence-corrected chi connectivity index (χ0v) is 9.68. The van der Waals surface area contributed by atoms with Gasteiger partial charge in [-0.1, -0.05) is 0 Å². The van der Waals surface area contributed by atoms with Crippen LogP contribution in [0.5, 0.6) is 0 Å². The Bertz CT molecular complexity index is 271. The monoisotopic (exact) mass is 210 g/mol. The molecule has 2 rings (SSSR count). The second-order valence-corrected chi connectivity index (χ2v) is 5.00. The Kier molecular flexibility index (Phi) is 3.21. The first kappa shape index (κ1) is 10.1. The van der Waals surface area contributed by atoms with Gasteiger partial charge < -0.3 is 5.32 Å². The second kappa shape index (κ2) is 4.43. The summed E-state index contributed by atoms with van der Waals surface area (Å²) in [5.41, 5.74) is 1.45. The van der Waals surface area contributed by atoms with Gasteiger partial charge in [-0.15, -0.1) is 0 Å². The highest BCUT2D eigenvalue weighted by Gasteiger charge is 2.21. The van der Waals surface area contributed by atoms with Crippen molar-refractivity contribution in [1.82, 2.24) is 10.2 Å². The summed E-state index contributed by atoms with van der Waals surface area (Å²) in [5.74, 6) is 0. The SMILES string of the molecule is CC1CN(Cc2ccsc2)C(C)CN1. The van der Waals surface area contributed by atoms with Crippen molar-refractivity contribution < 1.29 is 0 Å². The van der Waals surface area contributed by atoms with Gasteiger partial charge in [-0.25, -0.2) is 0 Å². The zero-order valence-electron chi connectivity index (χ0n) is 8.86. The first-order valence-electron chi connectivity index (χ1n) is 5.24. The van der Waals surface area contributed by atoms with Crippen LogP contribution < -0.4 is 5.32 Å². The van der Waals surface area contributed by atoms with Gasteiger partial charge in [0.05, 0.1) is 0 Å². The minimum Gasteiger partial charge on any atom is -0.311 e. The standard InChI is InChI=1S/C11H18N2S/c1-9-6-13(10(2)5-12-9)7-11-3-4-14-8-11/h3-4,8-10,12H,5-7H2,1-2H3. The average molecular weight is 210 g/mol. The van der Waals surface area contributed by atoms with Crippen LogP contribution in [0.25, 0.3) is 0 Å². The van der Waals surface area contributed by atoms with Crippen LogP contribution in [0.1, 0.15) is 19.4 Å². The minimum absolute atomic E-state index is 0.629. The Balaban J connectivity index is 1.95. The van der Waals surface area contributed by atoms with Gasteiger partial charge in [-0.2, -0.15) is 11.3 Å². The molecule has 1 N–H and O–H groups in total. The Labute approximate surface area is 89.9 Å². The van der Waals surface area contributed by atoms with Gasteiger partial charge >= 0.3 is 0 Å². The molecule has 78 valence electrons. The summed E-state index contributed by atoms with van der Waals surface area (Å²) in [6.45, 7) is 7.94. The Morgan fingerprint density at radius 1 is 1.57 bits per heavy atom. The maximum atomic E-state index is 3.50. The largest absolute Gasteiger partial charge is 0.311 e. The molecule has 14 heavy (non-hydrogen) atoms. The second-order valence-electron chi connectivity index (χ2n) is 4.22. The van der Waals surface area contributed by atoms with E-state index in [1.54, 1.807) is 11.3 Å². The van der Waals surface area contributed by atoms with Crippen molar-refractivity contribution in [2.24, 2.45) is 0 Å². The van der Waals surface area contributed by atoms with Crippen molar-refractivity contribution in [2.75, 3.05) is 13.1 Å². The van der Waals surface area contributed by atoms with Gasteiger partial charge in [0.15, 0.2) is 0 Å². The summed E-state index contributed by atoms with van der Waals surface area (Å²) in [5, 5.41) is 7.91. The van der Waals surface area contributed by atoms with Gasteiger partial charge in [0.1, 0.15) is 0 Å². The Hall–Kier alpha value is -0.380. The number of nitrogens with one attached hydrogen (secondary N) is 1. The van der Waals surface area contributed by atoms with Crippen molar-refractivity contribution in [3.05, 3.63) is 22.4 Å². The summed E-state index contributed by atoms with van der Waals surface area (Å²) in [7, 11) is 0. The fraction of sp³-hybridized carbons (Fsp3) is 0.636. The van der Waals surface area contributed by atoms with E-state index in [4.69, 9.17) is 0 Å². The molecule has 1 aliphatic heterocycles. The highest BCUT2D eigenvalue weighted by atomic mass is 32.1. The van der Waals surface area contributed by atoms with Crippen LogP contribution in [0, 0.1) is 0 Å². The van der Waals surface area contributed by atoms with E-state index in [1.807, 2.05) is 0 Å². The van der Waals surface area contributed by atoms with Gasteiger partial charge in [-0.05, 0) is 36.2 Å². The third-order valence-corrected chi connectivity index (χ3v) is 3.59. The number of hydrogen-bond donors (Lipinski definition) is 1. The van der Waals surface area contributed by atoms with Crippen LogP contribution in [0.4, 0.5) is 0 Å². The number of hydrogen-bond acceptors (Lipinski definition) is 3. The van der Waals surface area contributed by atoms with Gasteiger partial charge in [0.2, 0.25) is 0 Å². The maximum absolute atomic E-state index is 3.50. The lowest BCUT2D eigenvalue weighted by molar-refractivity contribution is 0.139. The van der Waals surface area contributed by atoms with Crippen molar-refractivity contribution in [2.45, 2.75) is 32.5 Å². The molecule has 0 radical (unpaired) electrons. The van der Waals surface area contributed by atoms with E-state index in [1.165, 1.54) is 5.56 Å². The first-order valence-corrected chi connectivity index (χ1v) is 6.18. The number of rotatable bonds is 2. The topological polar surface area (TPSA) is 15.3 Å². The van der Waals surface area contributed by atoms with E-state index in [0.717, 1.165) is 19.6 Å². The highest BCUT2D eigenvalue weighted by Crippen LogP contribution is 2.14. The molecular formula is C11H18N2S. The van der Waals surface area contributed by atoms with Crippen molar-refractivity contribution in [3.8, 4) is 0 Å². The predicted octanol–water partition coefficient (Wildman–Crippen LogP) is 1.93. The molecule has 1 aromatic rings. The summed E-state index contributed by atoms with van der Waals surface area (Å²) in [6, 6.07) is 3.51. The lowest BCUT2D eigenvalue weighted by Crippen LogP contribution is -2.53. The smallest absolute Gasteiger partial charge is 0.0246 e. The Morgan fingerprint density at radius 2 is 2.43 bits per heavy atom. The van der Waals surface area contributed by atoms with Crippen LogP contribution in [-0.2, 0) is 6.54 Å². The number of piperazine rings is 1. The molecule has 0 bridgehead atoms. The molecule has 0 aromatic carbocycles. The van der Waals surface area contributed by atoms with E-state index in [9.17, 15) is 0 Å². The van der Waals surface area contributed by atoms with Crippen molar-refractivity contribution in [3.63, 3.8) is 0 Å². The van der Waals surface area contributed by atoms with Gasteiger partial charge in [0, 0.05) is 31.7 Å². The van der Waals surface area contributed by atoms with Gasteiger partial charge in [0.25, 0.3) is 0 Å². The Morgan fingerprint density at radius 3 is 3.14 bits per heavy atom. The third kappa shape index (κ3) is 2.35. The molecule has 0 aliphatic carbocycles. The molecule has 0 spiro atoms. The minimum atomic E-state index is 0.629. The fourth-order valence-electron chi connectivity index (χ4n) is 1.93. The van der Waals surface area contributed by atoms with Crippen LogP contribution in [0.15, 0.2) is 16.8 Å². The molecule has 1 aliphatic rings. The molecule has 2 atom stereocenters. The van der Waals surface area contributed by atoms with Crippen LogP contribution in [-0.4, -0.2) is 30.1 Å². The van der Waals surface area contributed by atoms with Crippen molar-refractivity contribution in [1.29, 1.82) is 0 Å². The molecule has 3 heteroatoms. The lowest BCUT2D eigenvalue weighted by atomic mass is 10.1. The van der Waals surface area contributed by atoms with E-state index >= 15 is 0 Å². The summed E-state index contributed by atoms with van der Waals surface area (Å²) in [6.07, 6.45) is 0. The number of nitrogens with zero attached hydrogens (tertiary/aromatic N) is 1. The summed E-state index contributed by atoms with van der Waals surface area (Å²) >= 11 is 1.79. The van der Waals surface area contributed by atoms with Gasteiger partial charge in [-0.3, -0.25) is 4.90 Å². The quantitative estimate of drug-likeness (QED) is 0.802. The third-order valence-electron chi connectivity index (χ3n) is 2.86. The van der Waals surface area contributed by atoms with Crippen LogP contribution in [0.2, 0.25) is 0 Å². The predicted molar refractivity (Wildman–Crippen MR) is 61.7 cm³/mol. The zero-order chi connectivity index (χ0) is 9.97. The van der Waals surface area contributed by atoms with E-state index in [-0.39, 0.29) is 0 Å². The molecule has 1 fully saturated rings. The van der Waals surface area contributed by atoms with E-state index < -0.39 is 0 Å². The molecule has 2 unspecified atom stereocenters. The molecule has 0 amide bonds. The first-order chi connectivity index (χ1) is 6.75. The fourth-order valence-corrected chi connectivity index (χ4v) is 2.59. The molecule has 0 saturated carbocycles. The molecule has 2 heterocycles. The van der Waals surface area contributed by atoms with Crippen molar-refractivity contribution >= 4 is 11.3 Å². The average Bonchev–Trinajstić information content (AvgIpc) is 2.64. The van der Waals surface area contributed by atoms with E-state index in [0.29, 0.717) is 12.1 Å². The molecule has 2 nitrogen and oxygen atoms in total. The van der Waals surface area contributed by atoms with Crippen LogP contribution >= 0.6 is 11.3 Å². The molecule has 1 aromatic heterocycles. The maximum Gasteiger partial charge on any atom is 0.0246 e.